The highest BCUT2D eigenvalue weighted by Crippen LogP contribution is 2.30. The van der Waals surface area contributed by atoms with Gasteiger partial charge in [0.25, 0.3) is 0 Å². The number of carbonyl (C=O) groups excluding carboxylic acids is 2. The molecule has 0 aromatic rings. The van der Waals surface area contributed by atoms with Crippen molar-refractivity contribution in [2.45, 2.75) is 58.0 Å². The van der Waals surface area contributed by atoms with Crippen LogP contribution in [0.3, 0.4) is 0 Å². The maximum absolute atomic E-state index is 12.7. The molecule has 1 N–H and O–H groups in total. The van der Waals surface area contributed by atoms with Gasteiger partial charge in [0, 0.05) is 0 Å². The molecule has 4 nitrogen and oxygen atoms in total. The van der Waals surface area contributed by atoms with Crippen molar-refractivity contribution >= 4 is 11.8 Å². The van der Waals surface area contributed by atoms with Crippen LogP contribution in [0.4, 0.5) is 0 Å². The SMILES string of the molecule is C#CCN1C(=O)C(C2CCCCC2)NC(=O)C1C(C)C. The molecule has 0 aromatic heterocycles. The van der Waals surface area contributed by atoms with Crippen LogP contribution >= 0.6 is 0 Å². The summed E-state index contributed by atoms with van der Waals surface area (Å²) in [5.74, 6) is 2.82. The summed E-state index contributed by atoms with van der Waals surface area (Å²) in [5.41, 5.74) is 0. The second-order valence-corrected chi connectivity index (χ2v) is 6.24. The third-order valence-electron chi connectivity index (χ3n) is 4.47. The summed E-state index contributed by atoms with van der Waals surface area (Å²) in [6, 6.07) is -0.801. The Bertz CT molecular complexity index is 419. The van der Waals surface area contributed by atoms with Crippen LogP contribution in [0.1, 0.15) is 46.0 Å². The number of nitrogens with zero attached hydrogens (tertiary/aromatic N) is 1. The van der Waals surface area contributed by atoms with Gasteiger partial charge in [-0.05, 0) is 24.7 Å². The maximum atomic E-state index is 12.7. The largest absolute Gasteiger partial charge is 0.342 e. The van der Waals surface area contributed by atoms with Crippen molar-refractivity contribution in [2.75, 3.05) is 6.54 Å². The normalized spacial score (nSPS) is 28.4. The van der Waals surface area contributed by atoms with Crippen molar-refractivity contribution in [3.8, 4) is 12.3 Å². The van der Waals surface area contributed by atoms with Crippen molar-refractivity contribution in [3.05, 3.63) is 0 Å². The fourth-order valence-electron chi connectivity index (χ4n) is 3.48. The Labute approximate surface area is 121 Å². The van der Waals surface area contributed by atoms with Crippen LogP contribution in [0.2, 0.25) is 0 Å². The van der Waals surface area contributed by atoms with Crippen molar-refractivity contribution in [1.29, 1.82) is 0 Å². The smallest absolute Gasteiger partial charge is 0.246 e. The molecule has 2 fully saturated rings. The van der Waals surface area contributed by atoms with E-state index in [1.807, 2.05) is 13.8 Å². The van der Waals surface area contributed by atoms with E-state index in [1.54, 1.807) is 4.90 Å². The van der Waals surface area contributed by atoms with Crippen LogP contribution in [-0.2, 0) is 9.59 Å². The van der Waals surface area contributed by atoms with Crippen LogP contribution in [0.15, 0.2) is 0 Å². The van der Waals surface area contributed by atoms with E-state index < -0.39 is 6.04 Å². The molecule has 1 aliphatic heterocycles. The lowest BCUT2D eigenvalue weighted by Gasteiger charge is -2.43. The quantitative estimate of drug-likeness (QED) is 0.795. The zero-order valence-electron chi connectivity index (χ0n) is 12.4. The van der Waals surface area contributed by atoms with E-state index >= 15 is 0 Å². The summed E-state index contributed by atoms with van der Waals surface area (Å²) in [6.45, 7) is 4.11. The lowest BCUT2D eigenvalue weighted by Crippen LogP contribution is -2.66. The molecular weight excluding hydrogens is 252 g/mol. The van der Waals surface area contributed by atoms with Gasteiger partial charge in [-0.15, -0.1) is 6.42 Å². The second kappa shape index (κ2) is 6.30. The third kappa shape index (κ3) is 2.82. The molecule has 1 heterocycles. The summed E-state index contributed by atoms with van der Waals surface area (Å²) in [5, 5.41) is 2.96. The fourth-order valence-corrected chi connectivity index (χ4v) is 3.48. The Kier molecular flexibility index (Phi) is 4.69. The molecule has 2 atom stereocenters. The molecular formula is C16H24N2O2. The van der Waals surface area contributed by atoms with E-state index in [0.717, 1.165) is 25.7 Å². The van der Waals surface area contributed by atoms with Gasteiger partial charge in [0.1, 0.15) is 12.1 Å². The van der Waals surface area contributed by atoms with Crippen LogP contribution in [0.5, 0.6) is 0 Å². The van der Waals surface area contributed by atoms with Crippen LogP contribution in [-0.4, -0.2) is 35.3 Å². The predicted molar refractivity (Wildman–Crippen MR) is 77.7 cm³/mol. The second-order valence-electron chi connectivity index (χ2n) is 6.24. The van der Waals surface area contributed by atoms with Gasteiger partial charge in [0.15, 0.2) is 0 Å². The maximum Gasteiger partial charge on any atom is 0.246 e. The van der Waals surface area contributed by atoms with Crippen molar-refractivity contribution in [1.82, 2.24) is 10.2 Å². The lowest BCUT2D eigenvalue weighted by atomic mass is 9.81. The van der Waals surface area contributed by atoms with E-state index in [-0.39, 0.29) is 36.2 Å². The number of piperazine rings is 1. The number of terminal acetylenes is 1. The molecule has 0 bridgehead atoms. The van der Waals surface area contributed by atoms with Gasteiger partial charge >= 0.3 is 0 Å². The topological polar surface area (TPSA) is 49.4 Å². The molecule has 1 saturated carbocycles. The molecule has 1 aliphatic carbocycles. The van der Waals surface area contributed by atoms with Gasteiger partial charge in [-0.25, -0.2) is 0 Å². The number of hydrogen-bond acceptors (Lipinski definition) is 2. The highest BCUT2D eigenvalue weighted by Gasteiger charge is 2.44. The zero-order valence-corrected chi connectivity index (χ0v) is 12.4. The van der Waals surface area contributed by atoms with E-state index in [9.17, 15) is 9.59 Å². The number of hydrogen-bond donors (Lipinski definition) is 1. The molecule has 110 valence electrons. The average molecular weight is 276 g/mol. The Morgan fingerprint density at radius 2 is 1.95 bits per heavy atom. The molecule has 0 spiro atoms. The zero-order chi connectivity index (χ0) is 14.7. The summed E-state index contributed by atoms with van der Waals surface area (Å²) >= 11 is 0. The molecule has 4 heteroatoms. The molecule has 1 saturated heterocycles. The molecule has 2 amide bonds. The van der Waals surface area contributed by atoms with Crippen molar-refractivity contribution in [3.63, 3.8) is 0 Å². The molecule has 20 heavy (non-hydrogen) atoms. The minimum absolute atomic E-state index is 0.00755. The van der Waals surface area contributed by atoms with Crippen LogP contribution in [0.25, 0.3) is 0 Å². The first-order valence-corrected chi connectivity index (χ1v) is 7.60. The lowest BCUT2D eigenvalue weighted by molar-refractivity contribution is -0.152. The molecule has 0 radical (unpaired) electrons. The van der Waals surface area contributed by atoms with E-state index in [4.69, 9.17) is 6.42 Å². The number of amides is 2. The summed E-state index contributed by atoms with van der Waals surface area (Å²) in [6.07, 6.45) is 10.9. The van der Waals surface area contributed by atoms with Gasteiger partial charge in [-0.3, -0.25) is 9.59 Å². The monoisotopic (exact) mass is 276 g/mol. The summed E-state index contributed by atoms with van der Waals surface area (Å²) in [7, 11) is 0. The Balaban J connectivity index is 2.19. The van der Waals surface area contributed by atoms with E-state index in [0.29, 0.717) is 0 Å². The Morgan fingerprint density at radius 3 is 2.50 bits per heavy atom. The van der Waals surface area contributed by atoms with Crippen molar-refractivity contribution < 1.29 is 9.59 Å². The molecule has 2 rings (SSSR count). The Morgan fingerprint density at radius 1 is 1.30 bits per heavy atom. The van der Waals surface area contributed by atoms with Gasteiger partial charge < -0.3 is 10.2 Å². The molecule has 0 aromatic carbocycles. The van der Waals surface area contributed by atoms with Gasteiger partial charge in [-0.1, -0.05) is 39.0 Å². The van der Waals surface area contributed by atoms with E-state index in [1.165, 1.54) is 6.42 Å². The Hall–Kier alpha value is -1.50. The number of carbonyl (C=O) groups is 2. The minimum Gasteiger partial charge on any atom is -0.342 e. The summed E-state index contributed by atoms with van der Waals surface area (Å²) < 4.78 is 0. The predicted octanol–water partition coefficient (Wildman–Crippen LogP) is 1.55. The number of rotatable bonds is 3. The first-order chi connectivity index (χ1) is 9.56. The number of nitrogens with one attached hydrogen (secondary N) is 1. The van der Waals surface area contributed by atoms with Gasteiger partial charge in [0.05, 0.1) is 6.54 Å². The third-order valence-corrected chi connectivity index (χ3v) is 4.47. The summed E-state index contributed by atoms with van der Waals surface area (Å²) in [4.78, 5) is 26.6. The van der Waals surface area contributed by atoms with Crippen LogP contribution < -0.4 is 5.32 Å². The highest BCUT2D eigenvalue weighted by atomic mass is 16.2. The van der Waals surface area contributed by atoms with E-state index in [2.05, 4.69) is 11.2 Å². The average Bonchev–Trinajstić information content (AvgIpc) is 2.43. The van der Waals surface area contributed by atoms with Crippen molar-refractivity contribution in [2.24, 2.45) is 11.8 Å². The first-order valence-electron chi connectivity index (χ1n) is 7.60. The first kappa shape index (κ1) is 14.9. The van der Waals surface area contributed by atoms with Crippen LogP contribution in [0, 0.1) is 24.2 Å². The standard InChI is InChI=1S/C16H24N2O2/c1-4-10-18-14(11(2)3)15(19)17-13(16(18)20)12-8-6-5-7-9-12/h1,11-14H,5-10H2,2-3H3,(H,17,19). The van der Waals surface area contributed by atoms with Gasteiger partial charge in [0.2, 0.25) is 11.8 Å². The highest BCUT2D eigenvalue weighted by molar-refractivity contribution is 5.97. The fraction of sp³-hybridized carbons (Fsp3) is 0.750. The molecule has 2 aliphatic rings. The molecule has 2 unspecified atom stereocenters. The minimum atomic E-state index is -0.432. The van der Waals surface area contributed by atoms with Gasteiger partial charge in [-0.2, -0.15) is 0 Å².